The second-order valence-corrected chi connectivity index (χ2v) is 7.95. The first-order valence-electron chi connectivity index (χ1n) is 9.67. The molecule has 0 fully saturated rings. The molecule has 1 aromatic heterocycles. The molecule has 7 N–H and O–H groups in total. The van der Waals surface area contributed by atoms with Crippen LogP contribution in [-0.4, -0.2) is 36.1 Å². The normalized spacial score (nSPS) is 10.6. The molecule has 160 valence electrons. The number of nitrogens with two attached hydrogens (primary N) is 2. The van der Waals surface area contributed by atoms with Crippen LogP contribution in [0, 0.1) is 10.8 Å². The summed E-state index contributed by atoms with van der Waals surface area (Å²) in [5.74, 6) is 1.98. The number of furan rings is 1. The van der Waals surface area contributed by atoms with E-state index in [1.54, 1.807) is 36.0 Å². The third kappa shape index (κ3) is 5.55. The summed E-state index contributed by atoms with van der Waals surface area (Å²) in [5, 5.41) is 18.0. The van der Waals surface area contributed by atoms with E-state index in [4.69, 9.17) is 26.7 Å². The molecule has 0 aliphatic heterocycles. The number of carbonyl (C=O) groups is 1. The number of nitrogens with one attached hydrogen (secondary N) is 3. The predicted molar refractivity (Wildman–Crippen MR) is 127 cm³/mol. The Kier molecular flexibility index (Phi) is 7.15. The molecular formula is C23H25N5O2S. The van der Waals surface area contributed by atoms with Gasteiger partial charge in [0.2, 0.25) is 5.91 Å². The number of hydrogen-bond acceptors (Lipinski definition) is 5. The van der Waals surface area contributed by atoms with Gasteiger partial charge in [0.05, 0.1) is 6.42 Å². The maximum absolute atomic E-state index is 12.4. The maximum atomic E-state index is 12.4. The average Bonchev–Trinajstić information content (AvgIpc) is 3.17. The summed E-state index contributed by atoms with van der Waals surface area (Å²) >= 11 is 1.67. The van der Waals surface area contributed by atoms with E-state index in [1.165, 1.54) is 0 Å². The summed E-state index contributed by atoms with van der Waals surface area (Å²) in [6.45, 7) is 0.611. The zero-order chi connectivity index (χ0) is 22.4. The fourth-order valence-electron chi connectivity index (χ4n) is 3.09. The van der Waals surface area contributed by atoms with Crippen LogP contribution in [0.15, 0.2) is 59.0 Å². The van der Waals surface area contributed by atoms with Crippen LogP contribution in [0.2, 0.25) is 0 Å². The van der Waals surface area contributed by atoms with Gasteiger partial charge < -0.3 is 21.2 Å². The van der Waals surface area contributed by atoms with E-state index in [0.717, 1.165) is 22.4 Å². The van der Waals surface area contributed by atoms with Crippen molar-refractivity contribution in [3.05, 3.63) is 71.3 Å². The van der Waals surface area contributed by atoms with Crippen molar-refractivity contribution in [1.82, 2.24) is 5.32 Å². The zero-order valence-electron chi connectivity index (χ0n) is 17.2. The molecule has 1 heterocycles. The second-order valence-electron chi connectivity index (χ2n) is 6.97. The highest BCUT2D eigenvalue weighted by Crippen LogP contribution is 2.33. The van der Waals surface area contributed by atoms with Crippen LogP contribution >= 0.6 is 11.8 Å². The Morgan fingerprint density at radius 2 is 1.52 bits per heavy atom. The lowest BCUT2D eigenvalue weighted by Gasteiger charge is -2.06. The van der Waals surface area contributed by atoms with E-state index in [0.29, 0.717) is 29.2 Å². The van der Waals surface area contributed by atoms with Gasteiger partial charge in [-0.15, -0.1) is 0 Å². The number of carbonyl (C=O) groups excluding carboxylic acids is 1. The molecule has 8 heteroatoms. The van der Waals surface area contributed by atoms with Crippen LogP contribution in [0.3, 0.4) is 0 Å². The monoisotopic (exact) mass is 435 g/mol. The number of nitrogen functional groups attached to an aromatic ring is 2. The summed E-state index contributed by atoms with van der Waals surface area (Å²) in [6, 6.07) is 16.2. The van der Waals surface area contributed by atoms with Crippen molar-refractivity contribution in [3.63, 3.8) is 0 Å². The molecule has 31 heavy (non-hydrogen) atoms. The molecular weight excluding hydrogens is 410 g/mol. The smallest absolute Gasteiger partial charge is 0.224 e. The van der Waals surface area contributed by atoms with Gasteiger partial charge in [-0.05, 0) is 12.3 Å². The molecule has 0 radical (unpaired) electrons. The van der Waals surface area contributed by atoms with E-state index in [9.17, 15) is 4.79 Å². The highest BCUT2D eigenvalue weighted by atomic mass is 32.2. The summed E-state index contributed by atoms with van der Waals surface area (Å²) in [6.07, 6.45) is 2.18. The van der Waals surface area contributed by atoms with Gasteiger partial charge in [0.1, 0.15) is 23.2 Å². The molecule has 0 saturated carbocycles. The Balaban J connectivity index is 1.95. The molecule has 0 spiro atoms. The van der Waals surface area contributed by atoms with Crippen LogP contribution in [-0.2, 0) is 11.2 Å². The van der Waals surface area contributed by atoms with Crippen molar-refractivity contribution in [1.29, 1.82) is 10.8 Å². The fourth-order valence-corrected chi connectivity index (χ4v) is 3.40. The van der Waals surface area contributed by atoms with Crippen molar-refractivity contribution in [2.75, 3.05) is 18.6 Å². The minimum absolute atomic E-state index is 0.000141. The maximum Gasteiger partial charge on any atom is 0.224 e. The molecule has 7 nitrogen and oxygen atoms in total. The third-order valence-corrected chi connectivity index (χ3v) is 5.34. The lowest BCUT2D eigenvalue weighted by atomic mass is 10.0. The van der Waals surface area contributed by atoms with E-state index in [1.807, 2.05) is 36.6 Å². The molecule has 0 atom stereocenters. The van der Waals surface area contributed by atoms with Crippen molar-refractivity contribution in [2.45, 2.75) is 6.42 Å². The zero-order valence-corrected chi connectivity index (χ0v) is 18.0. The summed E-state index contributed by atoms with van der Waals surface area (Å²) in [7, 11) is 0. The van der Waals surface area contributed by atoms with E-state index in [-0.39, 0.29) is 24.0 Å². The van der Waals surface area contributed by atoms with Crippen molar-refractivity contribution in [3.8, 4) is 22.6 Å². The molecule has 0 saturated heterocycles. The van der Waals surface area contributed by atoms with Gasteiger partial charge in [-0.1, -0.05) is 48.5 Å². The molecule has 0 bridgehead atoms. The number of hydrogen-bond donors (Lipinski definition) is 5. The van der Waals surface area contributed by atoms with Gasteiger partial charge in [-0.3, -0.25) is 15.6 Å². The van der Waals surface area contributed by atoms with E-state index in [2.05, 4.69) is 5.32 Å². The second kappa shape index (κ2) is 9.99. The Bertz CT molecular complexity index is 1090. The Labute approximate surface area is 185 Å². The van der Waals surface area contributed by atoms with Gasteiger partial charge in [0.15, 0.2) is 0 Å². The van der Waals surface area contributed by atoms with E-state index < -0.39 is 0 Å². The van der Waals surface area contributed by atoms with Crippen LogP contribution in [0.5, 0.6) is 0 Å². The van der Waals surface area contributed by atoms with Gasteiger partial charge >= 0.3 is 0 Å². The highest BCUT2D eigenvalue weighted by Gasteiger charge is 2.17. The Hall–Kier alpha value is -3.52. The van der Waals surface area contributed by atoms with Crippen LogP contribution in [0.25, 0.3) is 22.6 Å². The molecule has 0 aliphatic rings. The molecule has 1 amide bonds. The quantitative estimate of drug-likeness (QED) is 0.199. The molecule has 0 unspecified atom stereocenters. The predicted octanol–water partition coefficient (Wildman–Crippen LogP) is 3.20. The first-order chi connectivity index (χ1) is 14.9. The van der Waals surface area contributed by atoms with Crippen LogP contribution < -0.4 is 16.8 Å². The summed E-state index contributed by atoms with van der Waals surface area (Å²) in [5.41, 5.74) is 14.7. The fraction of sp³-hybridized carbons (Fsp3) is 0.174. The van der Waals surface area contributed by atoms with Crippen molar-refractivity contribution >= 4 is 29.3 Å². The molecule has 3 aromatic rings. The van der Waals surface area contributed by atoms with Crippen molar-refractivity contribution < 1.29 is 9.21 Å². The number of benzene rings is 2. The Morgan fingerprint density at radius 3 is 2.03 bits per heavy atom. The van der Waals surface area contributed by atoms with Crippen LogP contribution in [0.1, 0.15) is 16.7 Å². The standard InChI is InChI=1S/C23H25N5O2S/c1-31-11-10-28-20(29)13-18-12-19(14-2-6-16(7-3-14)22(24)25)30-21(18)15-4-8-17(9-5-15)23(26)27/h2-9,12H,10-11,13H2,1H3,(H3,24,25)(H3,26,27)(H,28,29). The SMILES string of the molecule is CSCCNC(=O)Cc1cc(-c2ccc(C(=N)N)cc2)oc1-c1ccc(C(=N)N)cc1. The molecule has 0 aliphatic carbocycles. The highest BCUT2D eigenvalue weighted by molar-refractivity contribution is 7.98. The number of rotatable bonds is 9. The number of amidine groups is 2. The summed E-state index contributed by atoms with van der Waals surface area (Å²) in [4.78, 5) is 12.4. The topological polar surface area (TPSA) is 142 Å². The van der Waals surface area contributed by atoms with Gasteiger partial charge in [0.25, 0.3) is 0 Å². The lowest BCUT2D eigenvalue weighted by Crippen LogP contribution is -2.27. The molecule has 2 aromatic carbocycles. The first-order valence-corrected chi connectivity index (χ1v) is 11.1. The minimum atomic E-state index is -0.0741. The van der Waals surface area contributed by atoms with Gasteiger partial charge in [0, 0.05) is 40.1 Å². The van der Waals surface area contributed by atoms with Gasteiger partial charge in [-0.2, -0.15) is 11.8 Å². The summed E-state index contributed by atoms with van der Waals surface area (Å²) < 4.78 is 6.16. The van der Waals surface area contributed by atoms with Crippen LogP contribution in [0.4, 0.5) is 0 Å². The van der Waals surface area contributed by atoms with E-state index >= 15 is 0 Å². The lowest BCUT2D eigenvalue weighted by molar-refractivity contribution is -0.120. The largest absolute Gasteiger partial charge is 0.456 e. The first kappa shape index (κ1) is 22.2. The number of amides is 1. The van der Waals surface area contributed by atoms with Gasteiger partial charge in [-0.25, -0.2) is 0 Å². The van der Waals surface area contributed by atoms with Crippen molar-refractivity contribution in [2.24, 2.45) is 11.5 Å². The average molecular weight is 436 g/mol. The third-order valence-electron chi connectivity index (χ3n) is 4.73. The minimum Gasteiger partial charge on any atom is -0.456 e. The Morgan fingerprint density at radius 1 is 0.968 bits per heavy atom. The molecule has 3 rings (SSSR count). The number of thioether (sulfide) groups is 1.